The van der Waals surface area contributed by atoms with Crippen molar-refractivity contribution in [3.8, 4) is 0 Å². The number of fused-ring (bicyclic) bond motifs is 1. The fraction of sp³-hybridized carbons (Fsp3) is 0.500. The van der Waals surface area contributed by atoms with Crippen LogP contribution in [0.1, 0.15) is 32.8 Å². The fourth-order valence-electron chi connectivity index (χ4n) is 2.58. The van der Waals surface area contributed by atoms with Crippen molar-refractivity contribution in [2.45, 2.75) is 32.6 Å². The molecule has 94 valence electrons. The van der Waals surface area contributed by atoms with Crippen LogP contribution >= 0.6 is 0 Å². The van der Waals surface area contributed by atoms with Crippen molar-refractivity contribution in [2.24, 2.45) is 5.11 Å². The molecule has 0 saturated heterocycles. The van der Waals surface area contributed by atoms with E-state index >= 15 is 0 Å². The van der Waals surface area contributed by atoms with Gasteiger partial charge in [0.05, 0.1) is 5.41 Å². The van der Waals surface area contributed by atoms with E-state index in [-0.39, 0.29) is 5.41 Å². The van der Waals surface area contributed by atoms with Crippen molar-refractivity contribution in [1.82, 2.24) is 0 Å². The zero-order valence-corrected chi connectivity index (χ0v) is 11.2. The van der Waals surface area contributed by atoms with Crippen molar-refractivity contribution < 1.29 is 4.58 Å². The monoisotopic (exact) mass is 243 g/mol. The van der Waals surface area contributed by atoms with Crippen molar-refractivity contribution >= 4 is 11.4 Å². The second-order valence-electron chi connectivity index (χ2n) is 5.19. The lowest BCUT2D eigenvalue weighted by molar-refractivity contribution is -0.439. The van der Waals surface area contributed by atoms with Gasteiger partial charge in [-0.15, -0.1) is 0 Å². The maximum Gasteiger partial charge on any atom is 0.209 e. The smallest absolute Gasteiger partial charge is 0.199 e. The minimum atomic E-state index is 0.0924. The number of hydrogen-bond donors (Lipinski definition) is 0. The molecular formula is C14H19N4+. The van der Waals surface area contributed by atoms with Crippen LogP contribution in [0.3, 0.4) is 0 Å². The van der Waals surface area contributed by atoms with Gasteiger partial charge < -0.3 is 0 Å². The second-order valence-corrected chi connectivity index (χ2v) is 5.19. The molecule has 0 bridgehead atoms. The standard InChI is InChI=1S/C14H19N4/c1-11-14(2,3)12-7-4-5-8-13(12)18(11)10-6-9-16-17-15/h4-5,7-8H,6,9-10H2,1-3H3/q+1. The zero-order valence-electron chi connectivity index (χ0n) is 11.2. The third kappa shape index (κ3) is 2.00. The molecule has 0 unspecified atom stereocenters. The summed E-state index contributed by atoms with van der Waals surface area (Å²) < 4.78 is 2.35. The van der Waals surface area contributed by atoms with Crippen LogP contribution in [0.5, 0.6) is 0 Å². The molecule has 0 N–H and O–H groups in total. The molecule has 4 nitrogen and oxygen atoms in total. The summed E-state index contributed by atoms with van der Waals surface area (Å²) in [5, 5.41) is 3.59. The van der Waals surface area contributed by atoms with Crippen LogP contribution in [0.15, 0.2) is 29.4 Å². The predicted molar refractivity (Wildman–Crippen MR) is 73.6 cm³/mol. The molecule has 1 aliphatic rings. The van der Waals surface area contributed by atoms with Gasteiger partial charge in [0.1, 0.15) is 6.54 Å². The average Bonchev–Trinajstić information content (AvgIpc) is 2.56. The molecular weight excluding hydrogens is 224 g/mol. The molecule has 0 aliphatic carbocycles. The Labute approximate surface area is 108 Å². The summed E-state index contributed by atoms with van der Waals surface area (Å²) in [5.74, 6) is 0. The highest BCUT2D eigenvalue weighted by Gasteiger charge is 2.42. The van der Waals surface area contributed by atoms with Gasteiger partial charge in [0.25, 0.3) is 0 Å². The Morgan fingerprint density at radius 1 is 1.33 bits per heavy atom. The molecule has 0 spiro atoms. The number of benzene rings is 1. The average molecular weight is 243 g/mol. The van der Waals surface area contributed by atoms with Gasteiger partial charge in [-0.3, -0.25) is 0 Å². The third-order valence-electron chi connectivity index (χ3n) is 3.88. The van der Waals surface area contributed by atoms with Crippen molar-refractivity contribution in [3.05, 3.63) is 40.3 Å². The van der Waals surface area contributed by atoms with Crippen molar-refractivity contribution in [2.75, 3.05) is 13.1 Å². The fourth-order valence-corrected chi connectivity index (χ4v) is 2.58. The molecule has 0 saturated carbocycles. The highest BCUT2D eigenvalue weighted by molar-refractivity contribution is 5.93. The van der Waals surface area contributed by atoms with Crippen molar-refractivity contribution in [3.63, 3.8) is 0 Å². The Morgan fingerprint density at radius 2 is 2.06 bits per heavy atom. The Balaban J connectivity index is 2.28. The van der Waals surface area contributed by atoms with Crippen LogP contribution in [-0.4, -0.2) is 23.4 Å². The summed E-state index contributed by atoms with van der Waals surface area (Å²) >= 11 is 0. The Kier molecular flexibility index (Phi) is 3.39. The largest absolute Gasteiger partial charge is 0.209 e. The topological polar surface area (TPSA) is 51.8 Å². The van der Waals surface area contributed by atoms with Crippen LogP contribution in [0.2, 0.25) is 0 Å². The van der Waals surface area contributed by atoms with E-state index in [0.717, 1.165) is 13.0 Å². The van der Waals surface area contributed by atoms with E-state index in [1.165, 1.54) is 17.0 Å². The molecule has 0 aromatic heterocycles. The van der Waals surface area contributed by atoms with Gasteiger partial charge in [0.2, 0.25) is 5.69 Å². The number of rotatable bonds is 4. The summed E-state index contributed by atoms with van der Waals surface area (Å²) in [4.78, 5) is 2.79. The van der Waals surface area contributed by atoms with Gasteiger partial charge in [0.15, 0.2) is 5.71 Å². The Hall–Kier alpha value is -1.80. The molecule has 0 radical (unpaired) electrons. The van der Waals surface area contributed by atoms with E-state index in [2.05, 4.69) is 59.6 Å². The van der Waals surface area contributed by atoms with Crippen LogP contribution < -0.4 is 0 Å². The van der Waals surface area contributed by atoms with E-state index in [1.54, 1.807) is 0 Å². The first-order chi connectivity index (χ1) is 8.59. The maximum atomic E-state index is 8.29. The Bertz CT molecular complexity index is 536. The van der Waals surface area contributed by atoms with Gasteiger partial charge in [-0.2, -0.15) is 4.58 Å². The lowest BCUT2D eigenvalue weighted by Crippen LogP contribution is -2.26. The number of para-hydroxylation sites is 1. The molecule has 2 rings (SSSR count). The van der Waals surface area contributed by atoms with E-state index < -0.39 is 0 Å². The first-order valence-corrected chi connectivity index (χ1v) is 6.31. The van der Waals surface area contributed by atoms with E-state index in [1.807, 2.05) is 0 Å². The van der Waals surface area contributed by atoms with E-state index in [9.17, 15) is 0 Å². The molecule has 1 aromatic carbocycles. The summed E-state index contributed by atoms with van der Waals surface area (Å²) in [6.07, 6.45) is 0.881. The number of azide groups is 1. The van der Waals surface area contributed by atoms with Crippen LogP contribution in [0.4, 0.5) is 5.69 Å². The molecule has 18 heavy (non-hydrogen) atoms. The van der Waals surface area contributed by atoms with Gasteiger partial charge in [0, 0.05) is 36.4 Å². The first kappa shape index (κ1) is 12.7. The quantitative estimate of drug-likeness (QED) is 0.254. The lowest BCUT2D eigenvalue weighted by atomic mass is 9.82. The highest BCUT2D eigenvalue weighted by atomic mass is 15.1. The summed E-state index contributed by atoms with van der Waals surface area (Å²) in [6.45, 7) is 8.17. The molecule has 0 atom stereocenters. The highest BCUT2D eigenvalue weighted by Crippen LogP contribution is 2.39. The number of nitrogens with zero attached hydrogens (tertiary/aromatic N) is 4. The number of hydrogen-bond acceptors (Lipinski definition) is 1. The van der Waals surface area contributed by atoms with Gasteiger partial charge >= 0.3 is 0 Å². The summed E-state index contributed by atoms with van der Waals surface area (Å²) in [5.41, 5.74) is 12.4. The van der Waals surface area contributed by atoms with Crippen LogP contribution in [0, 0.1) is 0 Å². The van der Waals surface area contributed by atoms with Crippen LogP contribution in [0.25, 0.3) is 10.4 Å². The van der Waals surface area contributed by atoms with E-state index in [0.29, 0.717) is 6.54 Å². The van der Waals surface area contributed by atoms with Gasteiger partial charge in [-0.25, -0.2) is 0 Å². The molecule has 1 heterocycles. The second kappa shape index (κ2) is 4.83. The normalized spacial score (nSPS) is 16.4. The SMILES string of the molecule is CC1=[N+](CCCN=[N+]=[N-])c2ccccc2C1(C)C. The van der Waals surface area contributed by atoms with Gasteiger partial charge in [-0.05, 0) is 19.4 Å². The summed E-state index contributed by atoms with van der Waals surface area (Å²) in [6, 6.07) is 8.54. The Morgan fingerprint density at radius 3 is 2.78 bits per heavy atom. The molecule has 0 amide bonds. The van der Waals surface area contributed by atoms with Gasteiger partial charge in [-0.1, -0.05) is 23.3 Å². The van der Waals surface area contributed by atoms with Crippen LogP contribution in [-0.2, 0) is 5.41 Å². The van der Waals surface area contributed by atoms with E-state index in [4.69, 9.17) is 5.53 Å². The van der Waals surface area contributed by atoms with Crippen molar-refractivity contribution in [1.29, 1.82) is 0 Å². The molecule has 1 aromatic rings. The molecule has 0 fully saturated rings. The minimum Gasteiger partial charge on any atom is -0.199 e. The first-order valence-electron chi connectivity index (χ1n) is 6.31. The maximum absolute atomic E-state index is 8.29. The third-order valence-corrected chi connectivity index (χ3v) is 3.88. The zero-order chi connectivity index (χ0) is 13.2. The lowest BCUT2D eigenvalue weighted by Gasteiger charge is -2.14. The molecule has 1 aliphatic heterocycles. The predicted octanol–water partition coefficient (Wildman–Crippen LogP) is 3.78. The minimum absolute atomic E-state index is 0.0924. The molecule has 4 heteroatoms. The summed E-state index contributed by atoms with van der Waals surface area (Å²) in [7, 11) is 0.